The van der Waals surface area contributed by atoms with E-state index in [9.17, 15) is 0 Å². The lowest BCUT2D eigenvalue weighted by Gasteiger charge is -2.08. The molecule has 0 spiro atoms. The average molecular weight is 543 g/mol. The van der Waals surface area contributed by atoms with Crippen LogP contribution in [0.4, 0.5) is 11.4 Å². The third-order valence-electron chi connectivity index (χ3n) is 5.47. The minimum atomic E-state index is 0.953. The first-order valence-electron chi connectivity index (χ1n) is 12.8. The number of hydrogen-bond donors (Lipinski definition) is 3. The third kappa shape index (κ3) is 11.7. The summed E-state index contributed by atoms with van der Waals surface area (Å²) in [5, 5.41) is 7.01. The molecule has 1 aromatic heterocycles. The minimum Gasteiger partial charge on any atom is -0.384 e. The minimum absolute atomic E-state index is 0.953. The Labute approximate surface area is 235 Å². The van der Waals surface area contributed by atoms with Crippen LogP contribution >= 0.6 is 21.6 Å². The highest BCUT2D eigenvalue weighted by Crippen LogP contribution is 2.21. The van der Waals surface area contributed by atoms with Crippen LogP contribution in [0.2, 0.25) is 0 Å². The number of nitrogens with zero attached hydrogens (tertiary/aromatic N) is 1. The molecule has 0 atom stereocenters. The monoisotopic (exact) mass is 542 g/mol. The fourth-order valence-electron chi connectivity index (χ4n) is 3.42. The predicted molar refractivity (Wildman–Crippen MR) is 172 cm³/mol. The number of hydrogen-bond acceptors (Lipinski definition) is 4. The van der Waals surface area contributed by atoms with Gasteiger partial charge in [-0.1, -0.05) is 76.2 Å². The van der Waals surface area contributed by atoms with Crippen LogP contribution in [-0.2, 0) is 7.05 Å². The topological polar surface area (TPSA) is 41.9 Å². The Morgan fingerprint density at radius 3 is 1.87 bits per heavy atom. The molecule has 0 unspecified atom stereocenters. The lowest BCUT2D eigenvalue weighted by Crippen LogP contribution is -2.62. The lowest BCUT2D eigenvalue weighted by atomic mass is 10.1. The van der Waals surface area contributed by atoms with Gasteiger partial charge >= 0.3 is 0 Å². The molecule has 3 N–H and O–H groups in total. The Balaban J connectivity index is 1.24. The van der Waals surface area contributed by atoms with Crippen LogP contribution in [0.3, 0.4) is 0 Å². The van der Waals surface area contributed by atoms with Gasteiger partial charge in [0.25, 0.3) is 0 Å². The first-order valence-corrected chi connectivity index (χ1v) is 15.3. The highest BCUT2D eigenvalue weighted by atomic mass is 33.1. The Hall–Kier alpha value is -3.48. The van der Waals surface area contributed by atoms with Crippen LogP contribution < -0.4 is 20.2 Å². The molecule has 3 rings (SSSR count). The number of nitrogens with one attached hydrogen (secondary N) is 3. The largest absolute Gasteiger partial charge is 0.384 e. The van der Waals surface area contributed by atoms with E-state index in [0.717, 1.165) is 36.0 Å². The summed E-state index contributed by atoms with van der Waals surface area (Å²) in [6.45, 7) is 1.91. The van der Waals surface area contributed by atoms with Crippen molar-refractivity contribution in [1.82, 2.24) is 0 Å². The van der Waals surface area contributed by atoms with E-state index >= 15 is 0 Å². The summed E-state index contributed by atoms with van der Waals surface area (Å²) in [6.07, 6.45) is 20.4. The van der Waals surface area contributed by atoms with E-state index < -0.39 is 0 Å². The van der Waals surface area contributed by atoms with E-state index in [0.29, 0.717) is 0 Å². The van der Waals surface area contributed by atoms with Gasteiger partial charge in [0.15, 0.2) is 12.4 Å². The zero-order valence-electron chi connectivity index (χ0n) is 22.2. The molecular formula is C32H38N4S2+2. The molecule has 0 fully saturated rings. The Morgan fingerprint density at radius 1 is 0.684 bits per heavy atom. The smallest absolute Gasteiger partial charge is 0.204 e. The van der Waals surface area contributed by atoms with Gasteiger partial charge in [-0.05, 0) is 47.5 Å². The number of allylic oxidation sites excluding steroid dienone is 5. The van der Waals surface area contributed by atoms with E-state index in [-0.39, 0.29) is 0 Å². The van der Waals surface area contributed by atoms with Gasteiger partial charge in [-0.25, -0.2) is 4.57 Å². The second-order valence-corrected chi connectivity index (χ2v) is 11.1. The molecule has 196 valence electrons. The fourth-order valence-corrected chi connectivity index (χ4v) is 5.23. The Bertz CT molecular complexity index is 1230. The van der Waals surface area contributed by atoms with E-state index in [1.165, 1.54) is 16.8 Å². The van der Waals surface area contributed by atoms with Crippen LogP contribution in [0.25, 0.3) is 18.2 Å². The molecule has 4 nitrogen and oxygen atoms in total. The van der Waals surface area contributed by atoms with Crippen molar-refractivity contribution in [2.45, 2.75) is 0 Å². The number of aryl methyl sites for hydroxylation is 1. The van der Waals surface area contributed by atoms with Crippen molar-refractivity contribution in [2.24, 2.45) is 7.05 Å². The number of rotatable bonds is 15. The van der Waals surface area contributed by atoms with E-state index in [1.54, 1.807) is 0 Å². The lowest BCUT2D eigenvalue weighted by molar-refractivity contribution is -0.673. The van der Waals surface area contributed by atoms with Gasteiger partial charge in [-0.3, -0.25) is 4.99 Å². The maximum Gasteiger partial charge on any atom is 0.204 e. The first-order chi connectivity index (χ1) is 18.7. The number of aromatic nitrogens is 1. The maximum atomic E-state index is 3.51. The molecule has 0 bridgehead atoms. The van der Waals surface area contributed by atoms with Gasteiger partial charge in [0.1, 0.15) is 14.1 Å². The van der Waals surface area contributed by atoms with Gasteiger partial charge in [0.2, 0.25) is 5.69 Å². The first kappa shape index (κ1) is 29.1. The summed E-state index contributed by atoms with van der Waals surface area (Å²) in [5.41, 5.74) is 5.89. The molecule has 3 aromatic rings. The number of pyridine rings is 1. The van der Waals surface area contributed by atoms with Crippen LogP contribution in [0.15, 0.2) is 103 Å². The van der Waals surface area contributed by atoms with Gasteiger partial charge in [-0.15, -0.1) is 0 Å². The van der Waals surface area contributed by atoms with Crippen LogP contribution in [0, 0.1) is 0 Å². The van der Waals surface area contributed by atoms with E-state index in [2.05, 4.69) is 118 Å². The number of anilines is 2. The van der Waals surface area contributed by atoms with Gasteiger partial charge in [0, 0.05) is 60.3 Å². The quantitative estimate of drug-likeness (QED) is 0.0781. The molecule has 0 aliphatic carbocycles. The van der Waals surface area contributed by atoms with Crippen molar-refractivity contribution < 1.29 is 9.56 Å². The molecule has 2 aromatic carbocycles. The van der Waals surface area contributed by atoms with Crippen molar-refractivity contribution in [3.63, 3.8) is 0 Å². The summed E-state index contributed by atoms with van der Waals surface area (Å²) >= 11 is 0. The summed E-state index contributed by atoms with van der Waals surface area (Å²) in [7, 11) is 7.77. The highest BCUT2D eigenvalue weighted by Gasteiger charge is 1.99. The van der Waals surface area contributed by atoms with E-state index in [4.69, 9.17) is 0 Å². The molecular weight excluding hydrogens is 505 g/mol. The van der Waals surface area contributed by atoms with Gasteiger partial charge in [-0.2, -0.15) is 0 Å². The Kier molecular flexibility index (Phi) is 13.7. The fraction of sp³-hybridized carbons (Fsp3) is 0.188. The molecule has 1 heterocycles. The molecule has 6 heteroatoms. The SMILES string of the molecule is C[NH+]=C\C=C/C=C/C=C/c1ccc(NCCSSCCNc2ccc(/C=C/c3cccc[n+]3C)cc2)cc1. The van der Waals surface area contributed by atoms with E-state index in [1.807, 2.05) is 65.2 Å². The average Bonchev–Trinajstić information content (AvgIpc) is 2.95. The van der Waals surface area contributed by atoms with Crippen LogP contribution in [-0.4, -0.2) is 37.9 Å². The Morgan fingerprint density at radius 2 is 1.26 bits per heavy atom. The predicted octanol–water partition coefficient (Wildman–Crippen LogP) is 5.49. The molecule has 0 aliphatic rings. The maximum absolute atomic E-state index is 3.51. The molecule has 0 saturated heterocycles. The highest BCUT2D eigenvalue weighted by molar-refractivity contribution is 8.76. The summed E-state index contributed by atoms with van der Waals surface area (Å²) in [6, 6.07) is 23.3. The standard InChI is InChI=1S/C32H36N4S2/c1-33-22-8-5-3-4-6-10-28-12-17-30(18-13-28)34-23-26-37-38-27-24-35-31-19-14-29(15-20-31)16-21-32-11-7-9-25-36(32)2/h3-22,25H,23-24,26-27H2,1-2H3,(H,33,34)/p+2. The van der Waals surface area contributed by atoms with Crippen molar-refractivity contribution in [2.75, 3.05) is 42.3 Å². The molecule has 38 heavy (non-hydrogen) atoms. The molecule has 0 radical (unpaired) electrons. The summed E-state index contributed by atoms with van der Waals surface area (Å²) in [4.78, 5) is 2.96. The van der Waals surface area contributed by atoms with Crippen molar-refractivity contribution in [1.29, 1.82) is 0 Å². The van der Waals surface area contributed by atoms with Crippen molar-refractivity contribution in [3.05, 3.63) is 120 Å². The molecule has 0 aliphatic heterocycles. The molecule has 0 amide bonds. The molecule has 0 saturated carbocycles. The number of benzene rings is 2. The summed E-state index contributed by atoms with van der Waals surface area (Å²) in [5.74, 6) is 2.13. The normalized spacial score (nSPS) is 12.1. The zero-order valence-corrected chi connectivity index (χ0v) is 23.8. The van der Waals surface area contributed by atoms with Crippen molar-refractivity contribution in [3.8, 4) is 0 Å². The van der Waals surface area contributed by atoms with Crippen LogP contribution in [0.5, 0.6) is 0 Å². The second-order valence-electron chi connectivity index (χ2n) is 8.40. The second kappa shape index (κ2) is 17.9. The zero-order chi connectivity index (χ0) is 26.7. The van der Waals surface area contributed by atoms with Crippen molar-refractivity contribution >= 4 is 57.4 Å². The van der Waals surface area contributed by atoms with Gasteiger partial charge < -0.3 is 10.6 Å². The van der Waals surface area contributed by atoms with Crippen LogP contribution in [0.1, 0.15) is 16.8 Å². The van der Waals surface area contributed by atoms with Gasteiger partial charge in [0.05, 0.1) is 0 Å². The summed E-state index contributed by atoms with van der Waals surface area (Å²) < 4.78 is 2.11. The third-order valence-corrected chi connectivity index (χ3v) is 7.88.